The molecule has 3 rings (SSSR count). The van der Waals surface area contributed by atoms with Crippen LogP contribution in [0.2, 0.25) is 5.02 Å². The minimum absolute atomic E-state index is 0.0552. The summed E-state index contributed by atoms with van der Waals surface area (Å²) in [5.74, 6) is -0.577. The van der Waals surface area contributed by atoms with Crippen LogP contribution in [0, 0.1) is 5.92 Å². The van der Waals surface area contributed by atoms with Crippen molar-refractivity contribution < 1.29 is 22.7 Å². The van der Waals surface area contributed by atoms with Crippen LogP contribution in [0.25, 0.3) is 0 Å². The molecule has 2 aliphatic rings. The largest absolute Gasteiger partial charge is 0.379 e. The van der Waals surface area contributed by atoms with Gasteiger partial charge in [-0.2, -0.15) is 4.31 Å². The van der Waals surface area contributed by atoms with Gasteiger partial charge in [-0.05, 0) is 31.0 Å². The van der Waals surface area contributed by atoms with Gasteiger partial charge < -0.3 is 15.0 Å². The number of likely N-dealkylation sites (tertiary alicyclic amines) is 1. The van der Waals surface area contributed by atoms with E-state index in [1.54, 1.807) is 24.8 Å². The molecular formula is C19H26ClN3O5S. The molecule has 1 aromatic carbocycles. The number of hydrogen-bond donors (Lipinski definition) is 1. The number of benzene rings is 1. The highest BCUT2D eigenvalue weighted by atomic mass is 35.5. The van der Waals surface area contributed by atoms with E-state index in [9.17, 15) is 18.0 Å². The first-order valence-electron chi connectivity index (χ1n) is 9.70. The molecule has 0 aromatic heterocycles. The van der Waals surface area contributed by atoms with Crippen molar-refractivity contribution in [3.63, 3.8) is 0 Å². The molecule has 2 aliphatic heterocycles. The van der Waals surface area contributed by atoms with Crippen LogP contribution in [0.3, 0.4) is 0 Å². The second kappa shape index (κ2) is 8.99. The molecule has 2 amide bonds. The summed E-state index contributed by atoms with van der Waals surface area (Å²) in [4.78, 5) is 26.7. The van der Waals surface area contributed by atoms with E-state index in [-0.39, 0.29) is 40.7 Å². The van der Waals surface area contributed by atoms with Crippen molar-refractivity contribution in [2.45, 2.75) is 37.6 Å². The first-order valence-corrected chi connectivity index (χ1v) is 11.5. The van der Waals surface area contributed by atoms with Crippen molar-refractivity contribution >= 4 is 39.1 Å². The van der Waals surface area contributed by atoms with Crippen molar-refractivity contribution in [1.82, 2.24) is 9.21 Å². The average molecular weight is 444 g/mol. The Balaban J connectivity index is 1.79. The van der Waals surface area contributed by atoms with E-state index in [2.05, 4.69) is 5.32 Å². The fourth-order valence-corrected chi connectivity index (χ4v) is 5.47. The Kier molecular flexibility index (Phi) is 6.83. The Morgan fingerprint density at radius 2 is 1.90 bits per heavy atom. The summed E-state index contributed by atoms with van der Waals surface area (Å²) < 4.78 is 32.4. The van der Waals surface area contributed by atoms with E-state index in [1.807, 2.05) is 0 Å². The summed E-state index contributed by atoms with van der Waals surface area (Å²) in [6.07, 6.45) is 1.34. The van der Waals surface area contributed by atoms with E-state index in [4.69, 9.17) is 16.3 Å². The molecule has 1 atom stereocenters. The summed E-state index contributed by atoms with van der Waals surface area (Å²) in [6.45, 7) is 5.32. The molecule has 1 aromatic rings. The van der Waals surface area contributed by atoms with Crippen molar-refractivity contribution in [1.29, 1.82) is 0 Å². The monoisotopic (exact) mass is 443 g/mol. The predicted molar refractivity (Wildman–Crippen MR) is 109 cm³/mol. The quantitative estimate of drug-likeness (QED) is 0.750. The number of ether oxygens (including phenoxy) is 1. The molecule has 0 bridgehead atoms. The van der Waals surface area contributed by atoms with Gasteiger partial charge in [0.1, 0.15) is 10.9 Å². The van der Waals surface area contributed by atoms with E-state index >= 15 is 0 Å². The van der Waals surface area contributed by atoms with Gasteiger partial charge in [0.25, 0.3) is 0 Å². The summed E-state index contributed by atoms with van der Waals surface area (Å²) in [5, 5.41) is 2.84. The number of anilines is 1. The van der Waals surface area contributed by atoms with Gasteiger partial charge in [-0.25, -0.2) is 8.42 Å². The van der Waals surface area contributed by atoms with Gasteiger partial charge in [0.2, 0.25) is 21.8 Å². The van der Waals surface area contributed by atoms with Gasteiger partial charge in [0.05, 0.1) is 18.2 Å². The molecule has 29 heavy (non-hydrogen) atoms. The van der Waals surface area contributed by atoms with Crippen LogP contribution in [0.5, 0.6) is 0 Å². The van der Waals surface area contributed by atoms with Gasteiger partial charge in [-0.15, -0.1) is 0 Å². The Hall–Kier alpha value is -1.68. The highest BCUT2D eigenvalue weighted by molar-refractivity contribution is 7.89. The molecule has 2 heterocycles. The van der Waals surface area contributed by atoms with Crippen LogP contribution in [-0.4, -0.2) is 68.3 Å². The van der Waals surface area contributed by atoms with Crippen LogP contribution < -0.4 is 5.32 Å². The SMILES string of the molecule is CC(C)C(=O)N1CCCC1C(=O)Nc1ccc(Cl)c(S(=O)(=O)N2CCOCC2)c1. The van der Waals surface area contributed by atoms with E-state index in [0.29, 0.717) is 31.9 Å². The standard InChI is InChI=1S/C19H26ClN3O5S/c1-13(2)19(25)23-7-3-4-16(23)18(24)21-14-5-6-15(20)17(12-14)29(26,27)22-8-10-28-11-9-22/h5-6,12-13,16H,3-4,7-11H2,1-2H3,(H,21,24). The van der Waals surface area contributed by atoms with Crippen molar-refractivity contribution in [2.24, 2.45) is 5.92 Å². The highest BCUT2D eigenvalue weighted by Crippen LogP contribution is 2.29. The average Bonchev–Trinajstić information content (AvgIpc) is 3.19. The summed E-state index contributed by atoms with van der Waals surface area (Å²) in [7, 11) is -3.80. The third kappa shape index (κ3) is 4.74. The van der Waals surface area contributed by atoms with Crippen molar-refractivity contribution in [2.75, 3.05) is 38.2 Å². The summed E-state index contributed by atoms with van der Waals surface area (Å²) in [5.41, 5.74) is 0.329. The Labute approximate surface area is 176 Å². The van der Waals surface area contributed by atoms with Crippen LogP contribution in [-0.2, 0) is 24.3 Å². The lowest BCUT2D eigenvalue weighted by Crippen LogP contribution is -2.44. The minimum atomic E-state index is -3.80. The van der Waals surface area contributed by atoms with Crippen molar-refractivity contribution in [3.05, 3.63) is 23.2 Å². The molecule has 0 aliphatic carbocycles. The number of morpholine rings is 1. The Morgan fingerprint density at radius 1 is 1.21 bits per heavy atom. The van der Waals surface area contributed by atoms with E-state index in [1.165, 1.54) is 16.4 Å². The predicted octanol–water partition coefficient (Wildman–Crippen LogP) is 1.95. The number of nitrogens with one attached hydrogen (secondary N) is 1. The molecule has 0 spiro atoms. The second-order valence-corrected chi connectivity index (χ2v) is 9.81. The molecule has 8 nitrogen and oxygen atoms in total. The maximum absolute atomic E-state index is 12.9. The number of carbonyl (C=O) groups is 2. The third-order valence-electron chi connectivity index (χ3n) is 5.12. The van der Waals surface area contributed by atoms with Gasteiger partial charge >= 0.3 is 0 Å². The van der Waals surface area contributed by atoms with Gasteiger partial charge in [0.15, 0.2) is 0 Å². The highest BCUT2D eigenvalue weighted by Gasteiger charge is 2.35. The summed E-state index contributed by atoms with van der Waals surface area (Å²) >= 11 is 6.16. The van der Waals surface area contributed by atoms with Crippen LogP contribution >= 0.6 is 11.6 Å². The maximum atomic E-state index is 12.9. The Bertz CT molecular complexity index is 884. The number of carbonyl (C=O) groups excluding carboxylic acids is 2. The molecule has 10 heteroatoms. The molecule has 2 fully saturated rings. The first kappa shape index (κ1) is 22.0. The van der Waals surface area contributed by atoms with E-state index in [0.717, 1.165) is 6.42 Å². The lowest BCUT2D eigenvalue weighted by atomic mass is 10.1. The molecular weight excluding hydrogens is 418 g/mol. The zero-order valence-electron chi connectivity index (χ0n) is 16.6. The number of amides is 2. The molecule has 0 saturated carbocycles. The topological polar surface area (TPSA) is 96.0 Å². The van der Waals surface area contributed by atoms with Crippen molar-refractivity contribution in [3.8, 4) is 0 Å². The fraction of sp³-hybridized carbons (Fsp3) is 0.579. The fourth-order valence-electron chi connectivity index (χ4n) is 3.57. The minimum Gasteiger partial charge on any atom is -0.379 e. The lowest BCUT2D eigenvalue weighted by Gasteiger charge is -2.27. The molecule has 2 saturated heterocycles. The van der Waals surface area contributed by atoms with Crippen LogP contribution in [0.4, 0.5) is 5.69 Å². The molecule has 1 N–H and O–H groups in total. The number of nitrogens with zero attached hydrogens (tertiary/aromatic N) is 2. The van der Waals surface area contributed by atoms with Gasteiger partial charge in [-0.3, -0.25) is 9.59 Å². The number of hydrogen-bond acceptors (Lipinski definition) is 5. The lowest BCUT2D eigenvalue weighted by molar-refractivity contribution is -0.139. The first-order chi connectivity index (χ1) is 13.7. The number of rotatable bonds is 5. The smallest absolute Gasteiger partial charge is 0.247 e. The molecule has 1 unspecified atom stereocenters. The Morgan fingerprint density at radius 3 is 2.55 bits per heavy atom. The van der Waals surface area contributed by atoms with Crippen LogP contribution in [0.15, 0.2) is 23.1 Å². The zero-order chi connectivity index (χ0) is 21.2. The number of halogens is 1. The number of sulfonamides is 1. The molecule has 160 valence electrons. The second-order valence-electron chi connectivity index (χ2n) is 7.50. The normalized spacial score (nSPS) is 20.8. The van der Waals surface area contributed by atoms with Gasteiger partial charge in [0, 0.05) is 31.2 Å². The van der Waals surface area contributed by atoms with Gasteiger partial charge in [-0.1, -0.05) is 25.4 Å². The van der Waals surface area contributed by atoms with E-state index < -0.39 is 16.1 Å². The zero-order valence-corrected chi connectivity index (χ0v) is 18.1. The molecule has 0 radical (unpaired) electrons. The maximum Gasteiger partial charge on any atom is 0.247 e. The third-order valence-corrected chi connectivity index (χ3v) is 7.50. The summed E-state index contributed by atoms with van der Waals surface area (Å²) in [6, 6.07) is 3.83. The van der Waals surface area contributed by atoms with Crippen LogP contribution in [0.1, 0.15) is 26.7 Å².